The Morgan fingerprint density at radius 3 is 3.04 bits per heavy atom. The molecule has 0 radical (unpaired) electrons. The summed E-state index contributed by atoms with van der Waals surface area (Å²) < 4.78 is 16.0. The van der Waals surface area contributed by atoms with E-state index >= 15 is 0 Å². The van der Waals surface area contributed by atoms with Crippen molar-refractivity contribution in [1.29, 1.82) is 0 Å². The van der Waals surface area contributed by atoms with Crippen molar-refractivity contribution in [3.05, 3.63) is 47.7 Å². The van der Waals surface area contributed by atoms with E-state index < -0.39 is 6.10 Å². The molecule has 1 aliphatic rings. The summed E-state index contributed by atoms with van der Waals surface area (Å²) in [6, 6.07) is 9.07. The number of aliphatic hydroxyl groups is 1. The number of amides is 1. The maximum Gasteiger partial charge on any atom is 0.231 e. The van der Waals surface area contributed by atoms with Gasteiger partial charge in [-0.05, 0) is 30.7 Å². The predicted octanol–water partition coefficient (Wildman–Crippen LogP) is 1.22. The van der Waals surface area contributed by atoms with E-state index in [0.29, 0.717) is 17.4 Å². The molecule has 0 spiro atoms. The van der Waals surface area contributed by atoms with Crippen LogP contribution in [0.4, 0.5) is 0 Å². The molecule has 1 amide bonds. The molecule has 7 nitrogen and oxygen atoms in total. The number of carbonyl (C=O) groups excluding carboxylic acids is 1. The molecule has 2 aromatic rings. The quantitative estimate of drug-likeness (QED) is 0.785. The fourth-order valence-electron chi connectivity index (χ4n) is 2.39. The standard InChI is InChI=1S/C18H20N2O5/c1-12-3-2-6-19-18(12)23-10-14(21)9-20-17(22)8-13-4-5-15-16(7-13)25-11-24-15/h2-7,14,21H,8-11H2,1H3,(H,20,22). The summed E-state index contributed by atoms with van der Waals surface area (Å²) in [6.07, 6.45) is 1.01. The normalized spacial score (nSPS) is 13.4. The number of ether oxygens (including phenoxy) is 3. The van der Waals surface area contributed by atoms with Gasteiger partial charge in [0.05, 0.1) is 6.42 Å². The lowest BCUT2D eigenvalue weighted by atomic mass is 10.1. The van der Waals surface area contributed by atoms with E-state index in [1.54, 1.807) is 18.3 Å². The van der Waals surface area contributed by atoms with Crippen LogP contribution in [0.3, 0.4) is 0 Å². The first-order valence-corrected chi connectivity index (χ1v) is 7.99. The van der Waals surface area contributed by atoms with Gasteiger partial charge < -0.3 is 24.6 Å². The minimum atomic E-state index is -0.817. The van der Waals surface area contributed by atoms with Gasteiger partial charge in [0, 0.05) is 18.3 Å². The van der Waals surface area contributed by atoms with E-state index in [2.05, 4.69) is 10.3 Å². The Labute approximate surface area is 145 Å². The SMILES string of the molecule is Cc1cccnc1OCC(O)CNC(=O)Cc1ccc2c(c1)OCO2. The van der Waals surface area contributed by atoms with E-state index in [-0.39, 0.29) is 32.3 Å². The molecule has 1 aliphatic heterocycles. The topological polar surface area (TPSA) is 89.9 Å². The van der Waals surface area contributed by atoms with Gasteiger partial charge in [-0.2, -0.15) is 0 Å². The molecule has 0 saturated carbocycles. The molecule has 0 fully saturated rings. The highest BCUT2D eigenvalue weighted by molar-refractivity contribution is 5.78. The molecule has 2 N–H and O–H groups in total. The number of aryl methyl sites for hydroxylation is 1. The molecule has 7 heteroatoms. The van der Waals surface area contributed by atoms with Crippen molar-refractivity contribution in [2.24, 2.45) is 0 Å². The summed E-state index contributed by atoms with van der Waals surface area (Å²) in [4.78, 5) is 16.1. The number of fused-ring (bicyclic) bond motifs is 1. The van der Waals surface area contributed by atoms with Gasteiger partial charge in [0.2, 0.25) is 18.6 Å². The third-order valence-corrected chi connectivity index (χ3v) is 3.71. The Morgan fingerprint density at radius 2 is 2.20 bits per heavy atom. The first-order valence-electron chi connectivity index (χ1n) is 7.99. The Kier molecular flexibility index (Phi) is 5.35. The second-order valence-corrected chi connectivity index (χ2v) is 5.76. The number of hydrogen-bond acceptors (Lipinski definition) is 6. The van der Waals surface area contributed by atoms with Crippen molar-refractivity contribution in [1.82, 2.24) is 10.3 Å². The van der Waals surface area contributed by atoms with Crippen LogP contribution in [0.15, 0.2) is 36.5 Å². The number of nitrogens with zero attached hydrogens (tertiary/aromatic N) is 1. The predicted molar refractivity (Wildman–Crippen MR) is 89.8 cm³/mol. The first kappa shape index (κ1) is 17.0. The van der Waals surface area contributed by atoms with Crippen LogP contribution in [-0.4, -0.2) is 42.0 Å². The Balaban J connectivity index is 1.42. The summed E-state index contributed by atoms with van der Waals surface area (Å²) in [5.41, 5.74) is 1.71. The molecule has 1 aromatic carbocycles. The molecule has 132 valence electrons. The fraction of sp³-hybridized carbons (Fsp3) is 0.333. The van der Waals surface area contributed by atoms with Crippen LogP contribution in [0, 0.1) is 6.92 Å². The second kappa shape index (κ2) is 7.85. The third-order valence-electron chi connectivity index (χ3n) is 3.71. The van der Waals surface area contributed by atoms with Crippen LogP contribution < -0.4 is 19.5 Å². The summed E-state index contributed by atoms with van der Waals surface area (Å²) in [7, 11) is 0. The molecular formula is C18H20N2O5. The van der Waals surface area contributed by atoms with Gasteiger partial charge in [0.15, 0.2) is 11.5 Å². The monoisotopic (exact) mass is 344 g/mol. The van der Waals surface area contributed by atoms with Crippen molar-refractivity contribution >= 4 is 5.91 Å². The van der Waals surface area contributed by atoms with Crippen LogP contribution in [0.25, 0.3) is 0 Å². The summed E-state index contributed by atoms with van der Waals surface area (Å²) >= 11 is 0. The van der Waals surface area contributed by atoms with Crippen LogP contribution in [0.5, 0.6) is 17.4 Å². The Bertz CT molecular complexity index is 750. The van der Waals surface area contributed by atoms with Gasteiger partial charge in [-0.25, -0.2) is 4.98 Å². The average molecular weight is 344 g/mol. The summed E-state index contributed by atoms with van der Waals surface area (Å²) in [5.74, 6) is 1.62. The first-order chi connectivity index (χ1) is 12.1. The minimum Gasteiger partial charge on any atom is -0.475 e. The number of pyridine rings is 1. The van der Waals surface area contributed by atoms with Crippen molar-refractivity contribution in [3.63, 3.8) is 0 Å². The highest BCUT2D eigenvalue weighted by atomic mass is 16.7. The molecule has 1 aromatic heterocycles. The zero-order valence-electron chi connectivity index (χ0n) is 13.9. The van der Waals surface area contributed by atoms with Gasteiger partial charge in [0.25, 0.3) is 0 Å². The van der Waals surface area contributed by atoms with E-state index in [1.165, 1.54) is 0 Å². The lowest BCUT2D eigenvalue weighted by molar-refractivity contribution is -0.121. The van der Waals surface area contributed by atoms with Gasteiger partial charge in [-0.3, -0.25) is 4.79 Å². The van der Waals surface area contributed by atoms with E-state index in [1.807, 2.05) is 25.1 Å². The van der Waals surface area contributed by atoms with Gasteiger partial charge >= 0.3 is 0 Å². The number of rotatable bonds is 7. The number of aromatic nitrogens is 1. The average Bonchev–Trinajstić information content (AvgIpc) is 3.07. The minimum absolute atomic E-state index is 0.0577. The Morgan fingerprint density at radius 1 is 1.36 bits per heavy atom. The van der Waals surface area contributed by atoms with Crippen molar-refractivity contribution in [3.8, 4) is 17.4 Å². The smallest absolute Gasteiger partial charge is 0.231 e. The van der Waals surface area contributed by atoms with Crippen LogP contribution in [0.2, 0.25) is 0 Å². The summed E-state index contributed by atoms with van der Waals surface area (Å²) in [6.45, 7) is 2.24. The molecule has 1 atom stereocenters. The van der Waals surface area contributed by atoms with Gasteiger partial charge in [-0.1, -0.05) is 12.1 Å². The maximum absolute atomic E-state index is 12.0. The molecule has 0 saturated heterocycles. The van der Waals surface area contributed by atoms with Crippen molar-refractivity contribution in [2.75, 3.05) is 19.9 Å². The third kappa shape index (κ3) is 4.60. The molecule has 3 rings (SSSR count). The number of aliphatic hydroxyl groups excluding tert-OH is 1. The largest absolute Gasteiger partial charge is 0.475 e. The van der Waals surface area contributed by atoms with Crippen molar-refractivity contribution in [2.45, 2.75) is 19.4 Å². The van der Waals surface area contributed by atoms with E-state index in [9.17, 15) is 9.90 Å². The summed E-state index contributed by atoms with van der Waals surface area (Å²) in [5, 5.41) is 12.6. The number of hydrogen-bond donors (Lipinski definition) is 2. The lowest BCUT2D eigenvalue weighted by Gasteiger charge is -2.14. The highest BCUT2D eigenvalue weighted by Gasteiger charge is 2.15. The molecule has 0 bridgehead atoms. The van der Waals surface area contributed by atoms with Crippen LogP contribution in [-0.2, 0) is 11.2 Å². The molecule has 1 unspecified atom stereocenters. The van der Waals surface area contributed by atoms with Crippen LogP contribution in [0.1, 0.15) is 11.1 Å². The highest BCUT2D eigenvalue weighted by Crippen LogP contribution is 2.32. The number of nitrogens with one attached hydrogen (secondary N) is 1. The zero-order chi connectivity index (χ0) is 17.6. The Hall–Kier alpha value is -2.80. The maximum atomic E-state index is 12.0. The van der Waals surface area contributed by atoms with E-state index in [0.717, 1.165) is 11.1 Å². The molecule has 0 aliphatic carbocycles. The van der Waals surface area contributed by atoms with Crippen LogP contribution >= 0.6 is 0 Å². The van der Waals surface area contributed by atoms with Gasteiger partial charge in [0.1, 0.15) is 12.7 Å². The molecule has 25 heavy (non-hydrogen) atoms. The number of carbonyl (C=O) groups is 1. The molecular weight excluding hydrogens is 324 g/mol. The zero-order valence-corrected chi connectivity index (χ0v) is 13.9. The second-order valence-electron chi connectivity index (χ2n) is 5.76. The van der Waals surface area contributed by atoms with E-state index in [4.69, 9.17) is 14.2 Å². The number of benzene rings is 1. The lowest BCUT2D eigenvalue weighted by Crippen LogP contribution is -2.36. The molecule has 2 heterocycles. The fourth-order valence-corrected chi connectivity index (χ4v) is 2.39. The van der Waals surface area contributed by atoms with Crippen molar-refractivity contribution < 1.29 is 24.1 Å². The van der Waals surface area contributed by atoms with Gasteiger partial charge in [-0.15, -0.1) is 0 Å².